The molecule has 0 aliphatic rings. The standard InChI is InChI=1S/C12H7Br2Cl2N3O/c13-5-3-6(11(17)18-4-5)12(20)19-8-2-1-7(14)9(15)10(8)16/h1-4H,(H2,17,18)(H,19,20). The van der Waals surface area contributed by atoms with Crippen LogP contribution in [0.3, 0.4) is 0 Å². The first-order chi connectivity index (χ1) is 9.40. The quantitative estimate of drug-likeness (QED) is 0.663. The number of benzene rings is 1. The fourth-order valence-corrected chi connectivity index (χ4v) is 2.60. The largest absolute Gasteiger partial charge is 0.383 e. The summed E-state index contributed by atoms with van der Waals surface area (Å²) in [5.41, 5.74) is 6.31. The molecular weight excluding hydrogens is 433 g/mol. The molecule has 104 valence electrons. The third-order valence-corrected chi connectivity index (χ3v) is 4.62. The van der Waals surface area contributed by atoms with E-state index < -0.39 is 5.91 Å². The molecule has 0 radical (unpaired) electrons. The summed E-state index contributed by atoms with van der Waals surface area (Å²) in [4.78, 5) is 16.1. The van der Waals surface area contributed by atoms with Gasteiger partial charge in [0.1, 0.15) is 5.82 Å². The number of rotatable bonds is 2. The van der Waals surface area contributed by atoms with Crippen molar-refractivity contribution in [2.45, 2.75) is 0 Å². The second-order valence-corrected chi connectivity index (χ2v) is 6.29. The van der Waals surface area contributed by atoms with E-state index in [9.17, 15) is 4.79 Å². The average molecular weight is 440 g/mol. The molecule has 0 atom stereocenters. The Bertz CT molecular complexity index is 695. The maximum Gasteiger partial charge on any atom is 0.259 e. The minimum Gasteiger partial charge on any atom is -0.383 e. The molecule has 1 aromatic carbocycles. The van der Waals surface area contributed by atoms with Gasteiger partial charge < -0.3 is 11.1 Å². The number of nitrogens with one attached hydrogen (secondary N) is 1. The second-order valence-electron chi connectivity index (χ2n) is 3.76. The van der Waals surface area contributed by atoms with E-state index in [1.807, 2.05) is 0 Å². The lowest BCUT2D eigenvalue weighted by molar-refractivity contribution is 0.102. The molecule has 1 aromatic heterocycles. The van der Waals surface area contributed by atoms with E-state index in [4.69, 9.17) is 28.9 Å². The summed E-state index contributed by atoms with van der Waals surface area (Å²) in [6.07, 6.45) is 1.51. The topological polar surface area (TPSA) is 68.0 Å². The smallest absolute Gasteiger partial charge is 0.259 e. The van der Waals surface area contributed by atoms with Crippen molar-refractivity contribution in [1.82, 2.24) is 4.98 Å². The Balaban J connectivity index is 2.33. The molecule has 0 aliphatic carbocycles. The fraction of sp³-hybridized carbons (Fsp3) is 0. The number of carbonyl (C=O) groups is 1. The molecule has 0 saturated heterocycles. The van der Waals surface area contributed by atoms with Crippen LogP contribution in [0.4, 0.5) is 11.5 Å². The van der Waals surface area contributed by atoms with Crippen LogP contribution in [-0.2, 0) is 0 Å². The first kappa shape index (κ1) is 15.6. The van der Waals surface area contributed by atoms with Crippen molar-refractivity contribution in [3.63, 3.8) is 0 Å². The molecule has 0 saturated carbocycles. The number of nitrogen functional groups attached to an aromatic ring is 1. The van der Waals surface area contributed by atoms with Crippen molar-refractivity contribution in [3.05, 3.63) is 49.0 Å². The highest BCUT2D eigenvalue weighted by Crippen LogP contribution is 2.36. The van der Waals surface area contributed by atoms with Gasteiger partial charge in [-0.3, -0.25) is 4.79 Å². The van der Waals surface area contributed by atoms with Crippen molar-refractivity contribution in [2.24, 2.45) is 0 Å². The van der Waals surface area contributed by atoms with Crippen LogP contribution in [0.2, 0.25) is 10.0 Å². The normalized spacial score (nSPS) is 10.4. The van der Waals surface area contributed by atoms with Crippen LogP contribution in [0.5, 0.6) is 0 Å². The number of carbonyl (C=O) groups excluding carboxylic acids is 1. The number of nitrogens with two attached hydrogens (primary N) is 1. The third-order valence-electron chi connectivity index (χ3n) is 2.41. The first-order valence-corrected chi connectivity index (χ1v) is 7.60. The number of halogens is 4. The van der Waals surface area contributed by atoms with Crippen LogP contribution in [0.25, 0.3) is 0 Å². The van der Waals surface area contributed by atoms with Gasteiger partial charge in [0.2, 0.25) is 0 Å². The average Bonchev–Trinajstić information content (AvgIpc) is 2.42. The maximum absolute atomic E-state index is 12.2. The minimum absolute atomic E-state index is 0.130. The summed E-state index contributed by atoms with van der Waals surface area (Å²) in [5, 5.41) is 3.22. The van der Waals surface area contributed by atoms with Crippen molar-refractivity contribution in [3.8, 4) is 0 Å². The molecule has 2 rings (SSSR count). The zero-order valence-corrected chi connectivity index (χ0v) is 14.4. The Kier molecular flexibility index (Phi) is 4.90. The molecule has 0 fully saturated rings. The van der Waals surface area contributed by atoms with Gasteiger partial charge in [-0.05, 0) is 50.1 Å². The lowest BCUT2D eigenvalue weighted by atomic mass is 10.2. The molecule has 0 bridgehead atoms. The van der Waals surface area contributed by atoms with Crippen LogP contribution in [0, 0.1) is 0 Å². The molecule has 0 spiro atoms. The highest BCUT2D eigenvalue weighted by Gasteiger charge is 2.15. The highest BCUT2D eigenvalue weighted by atomic mass is 79.9. The predicted molar refractivity (Wildman–Crippen MR) is 88.5 cm³/mol. The first-order valence-electron chi connectivity index (χ1n) is 5.26. The van der Waals surface area contributed by atoms with E-state index in [-0.39, 0.29) is 16.4 Å². The van der Waals surface area contributed by atoms with Gasteiger partial charge >= 0.3 is 0 Å². The van der Waals surface area contributed by atoms with Crippen LogP contribution >= 0.6 is 55.1 Å². The molecule has 1 amide bonds. The molecule has 0 aliphatic heterocycles. The van der Waals surface area contributed by atoms with Gasteiger partial charge in [0.25, 0.3) is 5.91 Å². The van der Waals surface area contributed by atoms with E-state index in [2.05, 4.69) is 42.2 Å². The van der Waals surface area contributed by atoms with E-state index in [1.54, 1.807) is 18.2 Å². The van der Waals surface area contributed by atoms with Crippen molar-refractivity contribution >= 4 is 72.5 Å². The summed E-state index contributed by atoms with van der Waals surface area (Å²) in [6, 6.07) is 4.90. The van der Waals surface area contributed by atoms with Gasteiger partial charge in [-0.2, -0.15) is 0 Å². The van der Waals surface area contributed by atoms with Gasteiger partial charge in [0.05, 0.1) is 21.3 Å². The third kappa shape index (κ3) is 3.25. The number of amides is 1. The number of hydrogen-bond acceptors (Lipinski definition) is 3. The van der Waals surface area contributed by atoms with Crippen LogP contribution in [-0.4, -0.2) is 10.9 Å². The summed E-state index contributed by atoms with van der Waals surface area (Å²) in [5.74, 6) is -0.290. The molecule has 1 heterocycles. The number of aromatic nitrogens is 1. The van der Waals surface area contributed by atoms with Crippen molar-refractivity contribution < 1.29 is 4.79 Å². The second kappa shape index (κ2) is 6.30. The molecule has 4 nitrogen and oxygen atoms in total. The number of anilines is 2. The van der Waals surface area contributed by atoms with E-state index in [0.717, 1.165) is 0 Å². The minimum atomic E-state index is -0.420. The summed E-state index contributed by atoms with van der Waals surface area (Å²) in [7, 11) is 0. The Labute approximate surface area is 141 Å². The Morgan fingerprint density at radius 3 is 2.65 bits per heavy atom. The fourth-order valence-electron chi connectivity index (χ4n) is 1.44. The molecule has 0 unspecified atom stereocenters. The monoisotopic (exact) mass is 437 g/mol. The van der Waals surface area contributed by atoms with E-state index >= 15 is 0 Å². The lowest BCUT2D eigenvalue weighted by Crippen LogP contribution is -2.15. The van der Waals surface area contributed by atoms with Gasteiger partial charge in [0.15, 0.2) is 0 Å². The zero-order chi connectivity index (χ0) is 14.9. The number of pyridine rings is 1. The Morgan fingerprint density at radius 1 is 1.25 bits per heavy atom. The summed E-state index contributed by atoms with van der Waals surface area (Å²) < 4.78 is 1.29. The van der Waals surface area contributed by atoms with Crippen molar-refractivity contribution in [2.75, 3.05) is 11.1 Å². The number of hydrogen-bond donors (Lipinski definition) is 2. The van der Waals surface area contributed by atoms with Gasteiger partial charge in [-0.25, -0.2) is 4.98 Å². The SMILES string of the molecule is Nc1ncc(Br)cc1C(=O)Nc1ccc(Br)c(Cl)c1Cl. The maximum atomic E-state index is 12.2. The highest BCUT2D eigenvalue weighted by molar-refractivity contribution is 9.10. The van der Waals surface area contributed by atoms with Gasteiger partial charge in [-0.1, -0.05) is 23.2 Å². The summed E-state index contributed by atoms with van der Waals surface area (Å²) >= 11 is 18.5. The van der Waals surface area contributed by atoms with Crippen LogP contribution < -0.4 is 11.1 Å². The molecule has 20 heavy (non-hydrogen) atoms. The zero-order valence-electron chi connectivity index (χ0n) is 9.75. The van der Waals surface area contributed by atoms with Crippen LogP contribution in [0.1, 0.15) is 10.4 Å². The van der Waals surface area contributed by atoms with Gasteiger partial charge in [0, 0.05) is 15.1 Å². The molecule has 3 N–H and O–H groups in total. The number of nitrogens with zero attached hydrogens (tertiary/aromatic N) is 1. The van der Waals surface area contributed by atoms with Gasteiger partial charge in [-0.15, -0.1) is 0 Å². The predicted octanol–water partition coefficient (Wildman–Crippen LogP) is 4.75. The van der Waals surface area contributed by atoms with E-state index in [0.29, 0.717) is 19.7 Å². The lowest BCUT2D eigenvalue weighted by Gasteiger charge is -2.10. The van der Waals surface area contributed by atoms with E-state index in [1.165, 1.54) is 6.20 Å². The Hall–Kier alpha value is -0.820. The molecular formula is C12H7Br2Cl2N3O. The summed E-state index contributed by atoms with van der Waals surface area (Å²) in [6.45, 7) is 0. The van der Waals surface area contributed by atoms with Crippen LogP contribution in [0.15, 0.2) is 33.3 Å². The Morgan fingerprint density at radius 2 is 1.95 bits per heavy atom. The van der Waals surface area contributed by atoms with Crippen molar-refractivity contribution in [1.29, 1.82) is 0 Å². The molecule has 2 aromatic rings. The molecule has 8 heteroatoms.